The average molecular weight is 458 g/mol. The molecule has 3 heterocycles. The number of nitrogens with one attached hydrogen (secondary N) is 2. The van der Waals surface area contributed by atoms with Crippen molar-refractivity contribution in [3.05, 3.63) is 59.2 Å². The Morgan fingerprint density at radius 1 is 1.09 bits per heavy atom. The van der Waals surface area contributed by atoms with Crippen molar-refractivity contribution in [2.45, 2.75) is 18.2 Å². The van der Waals surface area contributed by atoms with E-state index >= 15 is 0 Å². The van der Waals surface area contributed by atoms with E-state index in [-0.39, 0.29) is 54.7 Å². The van der Waals surface area contributed by atoms with Crippen molar-refractivity contribution in [1.82, 2.24) is 10.2 Å². The zero-order valence-electron chi connectivity index (χ0n) is 17.3. The van der Waals surface area contributed by atoms with Crippen molar-refractivity contribution in [2.24, 2.45) is 0 Å². The van der Waals surface area contributed by atoms with Crippen LogP contribution in [0.4, 0.5) is 25.0 Å². The summed E-state index contributed by atoms with van der Waals surface area (Å²) in [6, 6.07) is 8.25. The van der Waals surface area contributed by atoms with Gasteiger partial charge in [0.05, 0.1) is 36.4 Å². The fraction of sp³-hybridized carbons (Fsp3) is 0.318. The Morgan fingerprint density at radius 3 is 2.33 bits per heavy atom. The topological polar surface area (TPSA) is 111 Å². The van der Waals surface area contributed by atoms with Crippen LogP contribution < -0.4 is 15.5 Å². The van der Waals surface area contributed by atoms with E-state index in [1.54, 1.807) is 24.3 Å². The second kappa shape index (κ2) is 8.00. The summed E-state index contributed by atoms with van der Waals surface area (Å²) in [6.07, 6.45) is -2.16. The van der Waals surface area contributed by atoms with Gasteiger partial charge in [0, 0.05) is 18.8 Å². The number of imide groups is 1. The van der Waals surface area contributed by atoms with Gasteiger partial charge < -0.3 is 25.4 Å². The number of benzene rings is 2. The predicted molar refractivity (Wildman–Crippen MR) is 112 cm³/mol. The third-order valence-electron chi connectivity index (χ3n) is 5.97. The lowest BCUT2D eigenvalue weighted by atomic mass is 10.1. The zero-order chi connectivity index (χ0) is 23.3. The fourth-order valence-electron chi connectivity index (χ4n) is 4.42. The number of β-amino-alcohol motifs (C(OH)–C–C–N with tert-alkyl or cyclic N) is 1. The summed E-state index contributed by atoms with van der Waals surface area (Å²) in [5, 5.41) is 15.6. The summed E-state index contributed by atoms with van der Waals surface area (Å²) in [5.74, 6) is -2.60. The molecule has 11 heteroatoms. The number of anilines is 2. The van der Waals surface area contributed by atoms with Crippen LogP contribution in [0.15, 0.2) is 36.4 Å². The Kier molecular flexibility index (Phi) is 5.12. The molecular formula is C22H20F2N4O5. The van der Waals surface area contributed by atoms with Crippen molar-refractivity contribution < 1.29 is 33.0 Å². The minimum atomic E-state index is -1.16. The first-order valence-electron chi connectivity index (χ1n) is 10.4. The van der Waals surface area contributed by atoms with Gasteiger partial charge in [-0.25, -0.2) is 13.6 Å². The minimum absolute atomic E-state index is 0.0964. The number of fused-ring (bicyclic) bond motifs is 2. The van der Waals surface area contributed by atoms with Crippen molar-refractivity contribution >= 4 is 29.3 Å². The van der Waals surface area contributed by atoms with Crippen LogP contribution in [-0.2, 0) is 4.74 Å². The van der Waals surface area contributed by atoms with Gasteiger partial charge in [0.1, 0.15) is 11.8 Å². The highest BCUT2D eigenvalue weighted by Crippen LogP contribution is 2.32. The Labute approximate surface area is 186 Å². The molecule has 2 saturated heterocycles. The molecule has 2 fully saturated rings. The Morgan fingerprint density at radius 2 is 1.73 bits per heavy atom. The van der Waals surface area contributed by atoms with E-state index in [0.29, 0.717) is 0 Å². The van der Waals surface area contributed by atoms with E-state index in [0.717, 1.165) is 17.0 Å². The molecule has 0 radical (unpaired) electrons. The summed E-state index contributed by atoms with van der Waals surface area (Å²) in [6.45, 7) is -0.0108. The van der Waals surface area contributed by atoms with Gasteiger partial charge in [0.2, 0.25) is 0 Å². The predicted octanol–water partition coefficient (Wildman–Crippen LogP) is 1.33. The first kappa shape index (κ1) is 21.1. The molecule has 172 valence electrons. The molecule has 0 unspecified atom stereocenters. The highest BCUT2D eigenvalue weighted by Gasteiger charge is 2.43. The molecule has 2 aromatic rings. The molecule has 0 bridgehead atoms. The number of hydrogen-bond acceptors (Lipinski definition) is 7. The molecule has 3 atom stereocenters. The molecule has 33 heavy (non-hydrogen) atoms. The zero-order valence-corrected chi connectivity index (χ0v) is 17.3. The molecule has 3 aliphatic rings. The molecule has 2 aromatic carbocycles. The SMILES string of the molecule is O=C1N[C@@H]2CN(c3c(F)cc(NC[C@@H](O)CN4C(=O)c5ccccc5C4=O)cc3F)C[C@H]2O1. The fourth-order valence-corrected chi connectivity index (χ4v) is 4.42. The maximum absolute atomic E-state index is 14.7. The number of hydrogen-bond donors (Lipinski definition) is 3. The van der Waals surface area contributed by atoms with Gasteiger partial charge >= 0.3 is 6.09 Å². The van der Waals surface area contributed by atoms with Gasteiger partial charge in [-0.2, -0.15) is 0 Å². The third-order valence-corrected chi connectivity index (χ3v) is 5.97. The summed E-state index contributed by atoms with van der Waals surface area (Å²) in [4.78, 5) is 38.5. The number of alkyl carbamates (subject to hydrolysis) is 1. The highest BCUT2D eigenvalue weighted by molar-refractivity contribution is 6.21. The van der Waals surface area contributed by atoms with Gasteiger partial charge in [-0.1, -0.05) is 12.1 Å². The van der Waals surface area contributed by atoms with Crippen molar-refractivity contribution in [2.75, 3.05) is 36.4 Å². The van der Waals surface area contributed by atoms with Crippen molar-refractivity contribution in [3.8, 4) is 0 Å². The van der Waals surface area contributed by atoms with Gasteiger partial charge in [-0.3, -0.25) is 14.5 Å². The van der Waals surface area contributed by atoms with E-state index in [1.807, 2.05) is 0 Å². The molecular weight excluding hydrogens is 438 g/mol. The highest BCUT2D eigenvalue weighted by atomic mass is 19.1. The third kappa shape index (κ3) is 3.74. The average Bonchev–Trinajstić information content (AvgIpc) is 3.38. The van der Waals surface area contributed by atoms with E-state index < -0.39 is 41.7 Å². The van der Waals surface area contributed by atoms with Gasteiger partial charge in [-0.05, 0) is 24.3 Å². The minimum Gasteiger partial charge on any atom is -0.442 e. The van der Waals surface area contributed by atoms with Crippen molar-refractivity contribution in [3.63, 3.8) is 0 Å². The van der Waals surface area contributed by atoms with Gasteiger partial charge in [-0.15, -0.1) is 0 Å². The molecule has 5 rings (SSSR count). The first-order valence-corrected chi connectivity index (χ1v) is 10.4. The van der Waals surface area contributed by atoms with Crippen LogP contribution in [0.25, 0.3) is 0 Å². The lowest BCUT2D eigenvalue weighted by Crippen LogP contribution is -2.39. The standard InChI is InChI=1S/C22H20F2N4O5/c23-15-5-11(6-16(24)19(15)27-9-17-18(10-27)33-22(32)26-17)25-7-12(29)8-28-20(30)13-3-1-2-4-14(13)21(28)31/h1-6,12,17-18,25,29H,7-10H2,(H,26,32)/t12-,17-,18-/m1/s1. The van der Waals surface area contributed by atoms with Crippen LogP contribution >= 0.6 is 0 Å². The van der Waals surface area contributed by atoms with Crippen LogP contribution in [0.2, 0.25) is 0 Å². The molecule has 3 N–H and O–H groups in total. The van der Waals surface area contributed by atoms with E-state index in [9.17, 15) is 28.3 Å². The van der Waals surface area contributed by atoms with Crippen LogP contribution in [0.5, 0.6) is 0 Å². The molecule has 3 aliphatic heterocycles. The smallest absolute Gasteiger partial charge is 0.407 e. The summed E-state index contributed by atoms with van der Waals surface area (Å²) < 4.78 is 34.5. The number of carbonyl (C=O) groups is 3. The van der Waals surface area contributed by atoms with E-state index in [1.165, 1.54) is 4.90 Å². The van der Waals surface area contributed by atoms with Crippen LogP contribution in [0, 0.1) is 11.6 Å². The number of aliphatic hydroxyl groups is 1. The number of ether oxygens (including phenoxy) is 1. The first-order chi connectivity index (χ1) is 15.8. The number of aliphatic hydroxyl groups excluding tert-OH is 1. The van der Waals surface area contributed by atoms with E-state index in [4.69, 9.17) is 4.74 Å². The molecule has 9 nitrogen and oxygen atoms in total. The Hall–Kier alpha value is -3.73. The van der Waals surface area contributed by atoms with Gasteiger partial charge in [0.25, 0.3) is 11.8 Å². The van der Waals surface area contributed by atoms with Crippen LogP contribution in [0.1, 0.15) is 20.7 Å². The van der Waals surface area contributed by atoms with Crippen LogP contribution in [0.3, 0.4) is 0 Å². The lowest BCUT2D eigenvalue weighted by Gasteiger charge is -2.22. The quantitative estimate of drug-likeness (QED) is 0.560. The summed E-state index contributed by atoms with van der Waals surface area (Å²) >= 11 is 0. The second-order valence-corrected chi connectivity index (χ2v) is 8.19. The Balaban J connectivity index is 1.21. The molecule has 0 aromatic heterocycles. The number of carbonyl (C=O) groups excluding carboxylic acids is 3. The number of halogens is 2. The van der Waals surface area contributed by atoms with E-state index in [2.05, 4.69) is 10.6 Å². The molecule has 0 saturated carbocycles. The normalized spacial score (nSPS) is 22.2. The number of amides is 3. The molecule has 3 amide bonds. The number of rotatable bonds is 6. The van der Waals surface area contributed by atoms with Gasteiger partial charge in [0.15, 0.2) is 11.6 Å². The maximum Gasteiger partial charge on any atom is 0.407 e. The maximum atomic E-state index is 14.7. The lowest BCUT2D eigenvalue weighted by molar-refractivity contribution is 0.0557. The monoisotopic (exact) mass is 458 g/mol. The Bertz CT molecular complexity index is 1090. The molecule has 0 spiro atoms. The number of nitrogens with zero attached hydrogens (tertiary/aromatic N) is 2. The summed E-state index contributed by atoms with van der Waals surface area (Å²) in [5.41, 5.74) is 0.426. The summed E-state index contributed by atoms with van der Waals surface area (Å²) in [7, 11) is 0. The largest absolute Gasteiger partial charge is 0.442 e. The second-order valence-electron chi connectivity index (χ2n) is 8.19. The van der Waals surface area contributed by atoms with Crippen molar-refractivity contribution in [1.29, 1.82) is 0 Å². The molecule has 0 aliphatic carbocycles. The van der Waals surface area contributed by atoms with Crippen LogP contribution in [-0.4, -0.2) is 72.3 Å².